The van der Waals surface area contributed by atoms with Crippen LogP contribution in [0.4, 0.5) is 5.69 Å². The van der Waals surface area contributed by atoms with E-state index in [0.29, 0.717) is 21.3 Å². The van der Waals surface area contributed by atoms with Crippen molar-refractivity contribution in [2.45, 2.75) is 24.8 Å². The van der Waals surface area contributed by atoms with Crippen LogP contribution in [0.1, 0.15) is 18.4 Å². The molecule has 0 bridgehead atoms. The maximum absolute atomic E-state index is 12.7. The lowest BCUT2D eigenvalue weighted by Gasteiger charge is -2.39. The molecule has 0 radical (unpaired) electrons. The first-order valence-corrected chi connectivity index (χ1v) is 10.6. The maximum atomic E-state index is 12.7. The summed E-state index contributed by atoms with van der Waals surface area (Å²) >= 11 is 12.2. The summed E-state index contributed by atoms with van der Waals surface area (Å²) in [4.78, 5) is 12.7. The van der Waals surface area contributed by atoms with E-state index in [1.165, 1.54) is 0 Å². The molecule has 2 N–H and O–H groups in total. The van der Waals surface area contributed by atoms with Gasteiger partial charge in [0.05, 0.1) is 10.0 Å². The average Bonchev–Trinajstić information content (AvgIpc) is 3.19. The zero-order valence-electron chi connectivity index (χ0n) is 16.1. The van der Waals surface area contributed by atoms with Crippen molar-refractivity contribution in [1.29, 1.82) is 0 Å². The van der Waals surface area contributed by atoms with Crippen LogP contribution in [0.3, 0.4) is 0 Å². The summed E-state index contributed by atoms with van der Waals surface area (Å²) in [7, 11) is 0. The Balaban J connectivity index is 1.49. The highest BCUT2D eigenvalue weighted by Crippen LogP contribution is 2.36. The quantitative estimate of drug-likeness (QED) is 0.570. The van der Waals surface area contributed by atoms with Crippen LogP contribution < -0.4 is 25.7 Å². The summed E-state index contributed by atoms with van der Waals surface area (Å²) in [5, 5.41) is 8.39. The number of rotatable bonds is 4. The Morgan fingerprint density at radius 2 is 1.77 bits per heavy atom. The summed E-state index contributed by atoms with van der Waals surface area (Å²) in [6, 6.07) is 11.1. The van der Waals surface area contributed by atoms with Crippen molar-refractivity contribution in [3.63, 3.8) is 0 Å². The summed E-state index contributed by atoms with van der Waals surface area (Å²) in [6.45, 7) is 1.96. The Hall–Kier alpha value is -2.41. The number of hydrogen-bond donors (Lipinski definition) is 2. The van der Waals surface area contributed by atoms with E-state index in [1.807, 2.05) is 18.2 Å². The fraction of sp³-hybridized carbons (Fsp3) is 0.318. The lowest BCUT2D eigenvalue weighted by Crippen LogP contribution is -2.50. The van der Waals surface area contributed by atoms with Gasteiger partial charge >= 0.3 is 5.63 Å². The van der Waals surface area contributed by atoms with Gasteiger partial charge in [0.25, 0.3) is 0 Å². The molecule has 3 aromatic rings. The fourth-order valence-corrected chi connectivity index (χ4v) is 4.51. The van der Waals surface area contributed by atoms with Gasteiger partial charge in [-0.25, -0.2) is 4.79 Å². The molecule has 0 aliphatic carbocycles. The monoisotopic (exact) mass is 446 g/mol. The fourth-order valence-electron chi connectivity index (χ4n) is 4.18. The lowest BCUT2D eigenvalue weighted by atomic mass is 9.82. The van der Waals surface area contributed by atoms with Crippen LogP contribution in [-0.4, -0.2) is 25.4 Å². The molecule has 2 aliphatic heterocycles. The van der Waals surface area contributed by atoms with E-state index >= 15 is 0 Å². The van der Waals surface area contributed by atoms with Gasteiger partial charge in [0.15, 0.2) is 11.5 Å². The van der Waals surface area contributed by atoms with Gasteiger partial charge in [-0.15, -0.1) is 0 Å². The van der Waals surface area contributed by atoms with Crippen molar-refractivity contribution >= 4 is 39.9 Å². The van der Waals surface area contributed by atoms with Gasteiger partial charge in [-0.2, -0.15) is 0 Å². The third-order valence-corrected chi connectivity index (χ3v) is 6.44. The summed E-state index contributed by atoms with van der Waals surface area (Å²) < 4.78 is 16.5. The molecule has 2 aromatic carbocycles. The van der Waals surface area contributed by atoms with Crippen LogP contribution in [0, 0.1) is 0 Å². The number of fused-ring (bicyclic) bond motifs is 2. The van der Waals surface area contributed by atoms with E-state index < -0.39 is 5.63 Å². The zero-order valence-corrected chi connectivity index (χ0v) is 17.6. The third kappa shape index (κ3) is 3.71. The van der Waals surface area contributed by atoms with Crippen molar-refractivity contribution in [3.05, 3.63) is 62.4 Å². The number of hydrogen-bond acceptors (Lipinski definition) is 6. The maximum Gasteiger partial charge on any atom is 0.359 e. The normalized spacial score (nSPS) is 17.3. The minimum atomic E-state index is -0.426. The number of ether oxygens (including phenoxy) is 2. The molecule has 8 heteroatoms. The summed E-state index contributed by atoms with van der Waals surface area (Å²) in [5.74, 6) is 1.52. The number of nitrogens with one attached hydrogen (secondary N) is 2. The van der Waals surface area contributed by atoms with Gasteiger partial charge in [-0.3, -0.25) is 0 Å². The van der Waals surface area contributed by atoms with Crippen LogP contribution in [-0.2, 0) is 6.42 Å². The third-order valence-electron chi connectivity index (χ3n) is 5.72. The molecule has 0 unspecified atom stereocenters. The Morgan fingerprint density at radius 1 is 1.00 bits per heavy atom. The molecule has 0 saturated carbocycles. The topological polar surface area (TPSA) is 72.7 Å². The molecule has 0 atom stereocenters. The second kappa shape index (κ2) is 7.69. The van der Waals surface area contributed by atoms with E-state index in [-0.39, 0.29) is 12.3 Å². The molecule has 1 aromatic heterocycles. The molecule has 0 amide bonds. The SMILES string of the molecule is O=c1oc2cc(Cl)c(Cl)cc2cc1NC1(Cc2ccc3c(c2)OCO3)CCNCC1. The number of benzene rings is 2. The summed E-state index contributed by atoms with van der Waals surface area (Å²) in [5.41, 5.74) is 1.23. The standard InChI is InChI=1S/C22H20Cl2N2O4/c23-15-8-14-9-17(21(27)30-19(14)10-16(15)24)26-22(3-5-25-6-4-22)11-13-1-2-18-20(7-13)29-12-28-18/h1-2,7-10,25-26H,3-6,11-12H2. The molecule has 2 aliphatic rings. The number of halogens is 2. The predicted molar refractivity (Wildman–Crippen MR) is 117 cm³/mol. The van der Waals surface area contributed by atoms with Gasteiger partial charge in [0, 0.05) is 17.0 Å². The van der Waals surface area contributed by atoms with Crippen LogP contribution >= 0.6 is 23.2 Å². The van der Waals surface area contributed by atoms with Crippen LogP contribution in [0.15, 0.2) is 45.6 Å². The first-order chi connectivity index (χ1) is 14.5. The van der Waals surface area contributed by atoms with E-state index in [4.69, 9.17) is 37.1 Å². The van der Waals surface area contributed by atoms with Gasteiger partial charge in [-0.05, 0) is 62.2 Å². The molecular formula is C22H20Cl2N2O4. The van der Waals surface area contributed by atoms with Crippen molar-refractivity contribution in [1.82, 2.24) is 5.32 Å². The molecule has 156 valence electrons. The van der Waals surface area contributed by atoms with E-state index in [9.17, 15) is 4.79 Å². The minimum Gasteiger partial charge on any atom is -0.454 e. The highest BCUT2D eigenvalue weighted by atomic mass is 35.5. The molecule has 30 heavy (non-hydrogen) atoms. The second-order valence-electron chi connectivity index (χ2n) is 7.77. The first-order valence-electron chi connectivity index (χ1n) is 9.82. The average molecular weight is 447 g/mol. The molecule has 0 spiro atoms. The van der Waals surface area contributed by atoms with Crippen molar-refractivity contribution < 1.29 is 13.9 Å². The Labute approximate surface area is 183 Å². The number of anilines is 1. The molecule has 1 fully saturated rings. The van der Waals surface area contributed by atoms with E-state index in [2.05, 4.69) is 10.6 Å². The van der Waals surface area contributed by atoms with Gasteiger partial charge in [0.1, 0.15) is 11.3 Å². The largest absolute Gasteiger partial charge is 0.454 e. The highest BCUT2D eigenvalue weighted by Gasteiger charge is 2.33. The van der Waals surface area contributed by atoms with Crippen LogP contribution in [0.25, 0.3) is 11.0 Å². The van der Waals surface area contributed by atoms with Crippen molar-refractivity contribution in [3.8, 4) is 11.5 Å². The minimum absolute atomic E-state index is 0.247. The lowest BCUT2D eigenvalue weighted by molar-refractivity contribution is 0.174. The van der Waals surface area contributed by atoms with Crippen molar-refractivity contribution in [2.75, 3.05) is 25.2 Å². The Morgan fingerprint density at radius 3 is 2.60 bits per heavy atom. The highest BCUT2D eigenvalue weighted by molar-refractivity contribution is 6.42. The molecule has 5 rings (SSSR count). The Bertz CT molecular complexity index is 1170. The Kier molecular flexibility index (Phi) is 5.01. The molecular weight excluding hydrogens is 427 g/mol. The van der Waals surface area contributed by atoms with Gasteiger partial charge in [0.2, 0.25) is 6.79 Å². The van der Waals surface area contributed by atoms with Crippen molar-refractivity contribution in [2.24, 2.45) is 0 Å². The molecule has 3 heterocycles. The molecule has 1 saturated heterocycles. The molecule has 6 nitrogen and oxygen atoms in total. The van der Waals surface area contributed by atoms with Gasteiger partial charge < -0.3 is 24.5 Å². The summed E-state index contributed by atoms with van der Waals surface area (Å²) in [6.07, 6.45) is 2.46. The second-order valence-corrected chi connectivity index (χ2v) is 8.59. The van der Waals surface area contributed by atoms with Gasteiger partial charge in [-0.1, -0.05) is 29.3 Å². The van der Waals surface area contributed by atoms with E-state index in [0.717, 1.165) is 54.8 Å². The first kappa shape index (κ1) is 19.5. The number of piperidine rings is 1. The van der Waals surface area contributed by atoms with Crippen LogP contribution in [0.2, 0.25) is 10.0 Å². The van der Waals surface area contributed by atoms with Crippen LogP contribution in [0.5, 0.6) is 11.5 Å². The predicted octanol–water partition coefficient (Wildman–Crippen LogP) is 4.61. The zero-order chi connectivity index (χ0) is 20.7. The van der Waals surface area contributed by atoms with E-state index in [1.54, 1.807) is 18.2 Å². The smallest absolute Gasteiger partial charge is 0.359 e.